The Balaban J connectivity index is 1.75. The van der Waals surface area contributed by atoms with Gasteiger partial charge in [-0.15, -0.1) is 0 Å². The minimum atomic E-state index is -0.428. The van der Waals surface area contributed by atoms with Crippen LogP contribution in [0.25, 0.3) is 0 Å². The maximum Gasteiger partial charge on any atom is 0.269 e. The fourth-order valence-electron chi connectivity index (χ4n) is 3.23. The molecule has 0 radical (unpaired) electrons. The molecule has 2 heterocycles. The van der Waals surface area contributed by atoms with E-state index in [9.17, 15) is 15.2 Å². The number of benzene rings is 2. The van der Waals surface area contributed by atoms with Crippen molar-refractivity contribution in [2.45, 2.75) is 12.5 Å². The van der Waals surface area contributed by atoms with Gasteiger partial charge < -0.3 is 5.11 Å². The number of phenols is 1. The van der Waals surface area contributed by atoms with Crippen molar-refractivity contribution in [1.82, 2.24) is 9.78 Å². The van der Waals surface area contributed by atoms with E-state index >= 15 is 0 Å². The van der Waals surface area contributed by atoms with E-state index in [1.807, 2.05) is 30.4 Å². The van der Waals surface area contributed by atoms with Gasteiger partial charge in [0.15, 0.2) is 0 Å². The Kier molecular flexibility index (Phi) is 4.08. The van der Waals surface area contributed by atoms with Crippen LogP contribution in [0, 0.1) is 10.1 Å². The highest BCUT2D eigenvalue weighted by Crippen LogP contribution is 2.38. The molecule has 0 amide bonds. The first-order valence-electron chi connectivity index (χ1n) is 8.41. The predicted octanol–water partition coefficient (Wildman–Crippen LogP) is 3.39. The second-order valence-electron chi connectivity index (χ2n) is 6.35. The molecule has 1 unspecified atom stereocenters. The molecule has 1 N–H and O–H groups in total. The fourth-order valence-corrected chi connectivity index (χ4v) is 3.23. The minimum absolute atomic E-state index is 0.0285. The van der Waals surface area contributed by atoms with Crippen molar-refractivity contribution in [3.8, 4) is 5.75 Å². The van der Waals surface area contributed by atoms with Crippen molar-refractivity contribution in [3.63, 3.8) is 0 Å². The van der Waals surface area contributed by atoms with E-state index in [0.29, 0.717) is 12.0 Å². The second kappa shape index (κ2) is 6.56. The Morgan fingerprint density at radius 2 is 1.93 bits per heavy atom. The van der Waals surface area contributed by atoms with Crippen molar-refractivity contribution in [2.75, 3.05) is 5.01 Å². The van der Waals surface area contributed by atoms with Crippen LogP contribution in [0.1, 0.15) is 23.6 Å². The highest BCUT2D eigenvalue weighted by Gasteiger charge is 2.31. The number of aromatic nitrogens is 2. The quantitative estimate of drug-likeness (QED) is 0.566. The molecule has 1 aliphatic rings. The molecule has 136 valence electrons. The summed E-state index contributed by atoms with van der Waals surface area (Å²) in [5, 5.41) is 31.9. The smallest absolute Gasteiger partial charge is 0.269 e. The van der Waals surface area contributed by atoms with Gasteiger partial charge in [-0.3, -0.25) is 19.8 Å². The molecule has 0 spiro atoms. The predicted molar refractivity (Wildman–Crippen MR) is 101 cm³/mol. The van der Waals surface area contributed by atoms with E-state index in [0.717, 1.165) is 17.0 Å². The topological polar surface area (TPSA) is 96.8 Å². The third kappa shape index (κ3) is 3.12. The van der Waals surface area contributed by atoms with Gasteiger partial charge in [-0.05, 0) is 24.3 Å². The first kappa shape index (κ1) is 16.8. The Morgan fingerprint density at radius 1 is 1.19 bits per heavy atom. The number of anilines is 1. The molecule has 2 aromatic carbocycles. The normalized spacial score (nSPS) is 16.4. The maximum atomic E-state index is 10.9. The molecule has 1 atom stereocenters. The second-order valence-corrected chi connectivity index (χ2v) is 6.35. The van der Waals surface area contributed by atoms with Gasteiger partial charge in [0.2, 0.25) is 0 Å². The molecule has 0 fully saturated rings. The summed E-state index contributed by atoms with van der Waals surface area (Å²) in [5.41, 5.74) is 3.17. The van der Waals surface area contributed by atoms with E-state index in [1.165, 1.54) is 12.1 Å². The van der Waals surface area contributed by atoms with Crippen LogP contribution in [0.2, 0.25) is 0 Å². The van der Waals surface area contributed by atoms with Gasteiger partial charge in [0.1, 0.15) is 5.75 Å². The number of hydrazone groups is 1. The van der Waals surface area contributed by atoms with Crippen LogP contribution >= 0.6 is 0 Å². The largest absolute Gasteiger partial charge is 0.507 e. The first-order valence-corrected chi connectivity index (χ1v) is 8.41. The molecule has 4 rings (SSSR count). The van der Waals surface area contributed by atoms with Crippen molar-refractivity contribution in [2.24, 2.45) is 12.1 Å². The molecule has 8 heteroatoms. The lowest BCUT2D eigenvalue weighted by Crippen LogP contribution is -2.18. The van der Waals surface area contributed by atoms with Gasteiger partial charge in [-0.25, -0.2) is 0 Å². The lowest BCUT2D eigenvalue weighted by Gasteiger charge is -2.22. The third-order valence-corrected chi connectivity index (χ3v) is 4.56. The summed E-state index contributed by atoms with van der Waals surface area (Å²) in [5.74, 6) is 0.173. The van der Waals surface area contributed by atoms with Crippen LogP contribution in [0.4, 0.5) is 11.4 Å². The Morgan fingerprint density at radius 3 is 2.56 bits per heavy atom. The van der Waals surface area contributed by atoms with Crippen molar-refractivity contribution in [3.05, 3.63) is 82.2 Å². The Labute approximate surface area is 155 Å². The van der Waals surface area contributed by atoms with Crippen LogP contribution in [-0.4, -0.2) is 25.5 Å². The zero-order chi connectivity index (χ0) is 19.0. The zero-order valence-corrected chi connectivity index (χ0v) is 14.6. The van der Waals surface area contributed by atoms with Gasteiger partial charge >= 0.3 is 0 Å². The number of nitro groups is 1. The molecule has 0 aliphatic carbocycles. The number of phenolic OH excluding ortho intramolecular Hbond substituents is 1. The number of hydrogen-bond donors (Lipinski definition) is 1. The summed E-state index contributed by atoms with van der Waals surface area (Å²) in [6.07, 6.45) is 4.29. The van der Waals surface area contributed by atoms with Gasteiger partial charge in [-0.1, -0.05) is 12.1 Å². The average molecular weight is 363 g/mol. The van der Waals surface area contributed by atoms with E-state index < -0.39 is 4.92 Å². The average Bonchev–Trinajstić information content (AvgIpc) is 3.28. The summed E-state index contributed by atoms with van der Waals surface area (Å²) in [4.78, 5) is 10.5. The van der Waals surface area contributed by atoms with E-state index in [-0.39, 0.29) is 17.5 Å². The maximum absolute atomic E-state index is 10.9. The SMILES string of the molecule is Cn1cc(C2CC(c3ccccc3O)=NN2c2ccc([N+](=O)[O-])cc2)cn1. The first-order chi connectivity index (χ1) is 13.0. The number of rotatable bonds is 4. The van der Waals surface area contributed by atoms with Crippen LogP contribution in [0.3, 0.4) is 0 Å². The summed E-state index contributed by atoms with van der Waals surface area (Å²) in [6, 6.07) is 13.2. The lowest BCUT2D eigenvalue weighted by molar-refractivity contribution is -0.384. The van der Waals surface area contributed by atoms with Crippen molar-refractivity contribution in [1.29, 1.82) is 0 Å². The number of aryl methyl sites for hydroxylation is 1. The van der Waals surface area contributed by atoms with E-state index in [4.69, 9.17) is 5.10 Å². The monoisotopic (exact) mass is 363 g/mol. The summed E-state index contributed by atoms with van der Waals surface area (Å²) in [6.45, 7) is 0. The van der Waals surface area contributed by atoms with Crippen LogP contribution in [0.5, 0.6) is 5.75 Å². The molecule has 0 saturated heterocycles. The highest BCUT2D eigenvalue weighted by atomic mass is 16.6. The molecule has 8 nitrogen and oxygen atoms in total. The van der Waals surface area contributed by atoms with Crippen molar-refractivity contribution < 1.29 is 10.0 Å². The Bertz CT molecular complexity index is 1030. The molecule has 0 saturated carbocycles. The van der Waals surface area contributed by atoms with Crippen LogP contribution < -0.4 is 5.01 Å². The number of nitrogens with zero attached hydrogens (tertiary/aromatic N) is 5. The van der Waals surface area contributed by atoms with Gasteiger partial charge in [0, 0.05) is 42.9 Å². The summed E-state index contributed by atoms with van der Waals surface area (Å²) in [7, 11) is 1.85. The molecule has 0 bridgehead atoms. The molecule has 1 aliphatic heterocycles. The van der Waals surface area contributed by atoms with E-state index in [2.05, 4.69) is 5.10 Å². The standard InChI is InChI=1S/C19H17N5O3/c1-22-12-13(11-20-22)18-10-17(16-4-2-3-5-19(16)25)21-23(18)14-6-8-15(9-7-14)24(26)27/h2-9,11-12,18,25H,10H2,1H3. The Hall–Kier alpha value is -3.68. The number of nitro benzene ring substituents is 1. The van der Waals surface area contributed by atoms with Crippen molar-refractivity contribution >= 4 is 17.1 Å². The molecule has 1 aromatic heterocycles. The molecule has 3 aromatic rings. The number of aromatic hydroxyl groups is 1. The van der Waals surface area contributed by atoms with Crippen LogP contribution in [-0.2, 0) is 7.05 Å². The van der Waals surface area contributed by atoms with Gasteiger partial charge in [0.05, 0.1) is 28.6 Å². The number of non-ortho nitro benzene ring substituents is 1. The highest BCUT2D eigenvalue weighted by molar-refractivity contribution is 6.05. The zero-order valence-electron chi connectivity index (χ0n) is 14.6. The van der Waals surface area contributed by atoms with Gasteiger partial charge in [0.25, 0.3) is 5.69 Å². The third-order valence-electron chi connectivity index (χ3n) is 4.56. The molecular formula is C19H17N5O3. The summed E-state index contributed by atoms with van der Waals surface area (Å²) >= 11 is 0. The molecular weight excluding hydrogens is 346 g/mol. The molecule has 27 heavy (non-hydrogen) atoms. The number of hydrogen-bond acceptors (Lipinski definition) is 6. The van der Waals surface area contributed by atoms with Gasteiger partial charge in [-0.2, -0.15) is 10.2 Å². The van der Waals surface area contributed by atoms with Crippen LogP contribution in [0.15, 0.2) is 66.0 Å². The van der Waals surface area contributed by atoms with E-state index in [1.54, 1.807) is 35.1 Å². The number of para-hydroxylation sites is 1. The fraction of sp³-hybridized carbons (Fsp3) is 0.158. The summed E-state index contributed by atoms with van der Waals surface area (Å²) < 4.78 is 1.72. The lowest BCUT2D eigenvalue weighted by atomic mass is 10.00. The minimum Gasteiger partial charge on any atom is -0.507 e.